The molecule has 0 aliphatic heterocycles. The number of ether oxygens (including phenoxy) is 1. The smallest absolute Gasteiger partial charge is 0.202 e. The fourth-order valence-electron chi connectivity index (χ4n) is 1.20. The molecule has 0 aromatic carbocycles. The molecule has 0 amide bonds. The SMILES string of the molecule is CCCc1nsc(NCCOCC(C)C)n1. The Labute approximate surface area is 102 Å². The fraction of sp³-hybridized carbons (Fsp3) is 0.818. The van der Waals surface area contributed by atoms with Crippen molar-refractivity contribution in [2.75, 3.05) is 25.1 Å². The van der Waals surface area contributed by atoms with E-state index in [2.05, 4.69) is 35.4 Å². The van der Waals surface area contributed by atoms with Crippen LogP contribution in [0.2, 0.25) is 0 Å². The van der Waals surface area contributed by atoms with E-state index in [1.165, 1.54) is 11.5 Å². The van der Waals surface area contributed by atoms with Crippen LogP contribution in [0.5, 0.6) is 0 Å². The maximum atomic E-state index is 5.47. The Morgan fingerprint density at radius 2 is 2.25 bits per heavy atom. The van der Waals surface area contributed by atoms with Crippen LogP contribution in [0.25, 0.3) is 0 Å². The molecule has 16 heavy (non-hydrogen) atoms. The van der Waals surface area contributed by atoms with Crippen molar-refractivity contribution in [3.63, 3.8) is 0 Å². The molecule has 5 heteroatoms. The minimum absolute atomic E-state index is 0.595. The second-order valence-corrected chi connectivity index (χ2v) is 4.91. The largest absolute Gasteiger partial charge is 0.379 e. The summed E-state index contributed by atoms with van der Waals surface area (Å²) >= 11 is 1.43. The van der Waals surface area contributed by atoms with Crippen LogP contribution in [-0.2, 0) is 11.2 Å². The van der Waals surface area contributed by atoms with E-state index in [-0.39, 0.29) is 0 Å². The van der Waals surface area contributed by atoms with Crippen molar-refractivity contribution in [2.24, 2.45) is 5.92 Å². The van der Waals surface area contributed by atoms with Gasteiger partial charge in [-0.2, -0.15) is 4.37 Å². The number of nitrogens with zero attached hydrogens (tertiary/aromatic N) is 2. The van der Waals surface area contributed by atoms with Gasteiger partial charge in [0, 0.05) is 31.1 Å². The summed E-state index contributed by atoms with van der Waals surface area (Å²) in [6.07, 6.45) is 2.05. The molecule has 4 nitrogen and oxygen atoms in total. The van der Waals surface area contributed by atoms with Gasteiger partial charge in [0.25, 0.3) is 0 Å². The molecule has 1 heterocycles. The van der Waals surface area contributed by atoms with Crippen molar-refractivity contribution in [1.82, 2.24) is 9.36 Å². The highest BCUT2D eigenvalue weighted by atomic mass is 32.1. The lowest BCUT2D eigenvalue weighted by Crippen LogP contribution is -2.12. The van der Waals surface area contributed by atoms with Crippen LogP contribution in [0.15, 0.2) is 0 Å². The normalized spacial score (nSPS) is 11.0. The number of aryl methyl sites for hydroxylation is 1. The fourth-order valence-corrected chi connectivity index (χ4v) is 1.84. The van der Waals surface area contributed by atoms with Crippen molar-refractivity contribution >= 4 is 16.7 Å². The van der Waals surface area contributed by atoms with Crippen LogP contribution < -0.4 is 5.32 Å². The molecule has 1 aromatic rings. The quantitative estimate of drug-likeness (QED) is 0.713. The second kappa shape index (κ2) is 7.57. The highest BCUT2D eigenvalue weighted by molar-refractivity contribution is 7.09. The average Bonchev–Trinajstić information content (AvgIpc) is 2.65. The van der Waals surface area contributed by atoms with E-state index in [1.54, 1.807) is 0 Å². The van der Waals surface area contributed by atoms with Gasteiger partial charge in [-0.05, 0) is 12.3 Å². The molecule has 0 bridgehead atoms. The van der Waals surface area contributed by atoms with Gasteiger partial charge < -0.3 is 10.1 Å². The second-order valence-electron chi connectivity index (χ2n) is 4.16. The van der Waals surface area contributed by atoms with Gasteiger partial charge in [0.2, 0.25) is 5.13 Å². The van der Waals surface area contributed by atoms with E-state index in [0.29, 0.717) is 5.92 Å². The van der Waals surface area contributed by atoms with E-state index >= 15 is 0 Å². The summed E-state index contributed by atoms with van der Waals surface area (Å²) in [5.74, 6) is 1.54. The number of anilines is 1. The Hall–Kier alpha value is -0.680. The van der Waals surface area contributed by atoms with Crippen LogP contribution >= 0.6 is 11.5 Å². The molecular formula is C11H21N3OS. The first-order valence-corrected chi connectivity index (χ1v) is 6.64. The minimum Gasteiger partial charge on any atom is -0.379 e. The first-order chi connectivity index (χ1) is 7.72. The number of rotatable bonds is 8. The summed E-state index contributed by atoms with van der Waals surface area (Å²) in [6.45, 7) is 8.77. The molecule has 0 unspecified atom stereocenters. The van der Waals surface area contributed by atoms with E-state index < -0.39 is 0 Å². The lowest BCUT2D eigenvalue weighted by molar-refractivity contribution is 0.118. The van der Waals surface area contributed by atoms with E-state index in [0.717, 1.165) is 43.6 Å². The maximum Gasteiger partial charge on any atom is 0.202 e. The molecule has 1 rings (SSSR count). The predicted octanol–water partition coefficient (Wildman–Crippen LogP) is 2.58. The van der Waals surface area contributed by atoms with Crippen LogP contribution in [0.3, 0.4) is 0 Å². The third-order valence-electron chi connectivity index (χ3n) is 1.92. The average molecular weight is 243 g/mol. The van der Waals surface area contributed by atoms with Gasteiger partial charge in [-0.15, -0.1) is 0 Å². The number of hydrogen-bond donors (Lipinski definition) is 1. The lowest BCUT2D eigenvalue weighted by Gasteiger charge is -2.06. The van der Waals surface area contributed by atoms with Crippen molar-refractivity contribution in [2.45, 2.75) is 33.6 Å². The van der Waals surface area contributed by atoms with E-state index in [1.807, 2.05) is 0 Å². The van der Waals surface area contributed by atoms with Gasteiger partial charge in [0.1, 0.15) is 5.82 Å². The predicted molar refractivity (Wildman–Crippen MR) is 68.1 cm³/mol. The third kappa shape index (κ3) is 5.42. The Kier molecular flexibility index (Phi) is 6.33. The Morgan fingerprint density at radius 3 is 2.94 bits per heavy atom. The van der Waals surface area contributed by atoms with Crippen LogP contribution in [0.1, 0.15) is 33.0 Å². The molecule has 1 N–H and O–H groups in total. The zero-order valence-electron chi connectivity index (χ0n) is 10.3. The van der Waals surface area contributed by atoms with Gasteiger partial charge in [-0.1, -0.05) is 20.8 Å². The first kappa shape index (κ1) is 13.4. The molecule has 0 saturated heterocycles. The van der Waals surface area contributed by atoms with E-state index in [9.17, 15) is 0 Å². The minimum atomic E-state index is 0.595. The molecule has 92 valence electrons. The summed E-state index contributed by atoms with van der Waals surface area (Å²) < 4.78 is 9.73. The van der Waals surface area contributed by atoms with Crippen molar-refractivity contribution in [3.05, 3.63) is 5.82 Å². The topological polar surface area (TPSA) is 47.0 Å². The maximum absolute atomic E-state index is 5.47. The Balaban J connectivity index is 2.12. The summed E-state index contributed by atoms with van der Waals surface area (Å²) in [5, 5.41) is 4.12. The third-order valence-corrected chi connectivity index (χ3v) is 2.63. The van der Waals surface area contributed by atoms with Gasteiger partial charge in [0.15, 0.2) is 0 Å². The van der Waals surface area contributed by atoms with Crippen LogP contribution in [-0.4, -0.2) is 29.1 Å². The standard InChI is InChI=1S/C11H21N3OS/c1-4-5-10-13-11(16-14-10)12-6-7-15-8-9(2)3/h9H,4-8H2,1-3H3,(H,12,13,14). The molecule has 0 atom stereocenters. The van der Waals surface area contributed by atoms with Gasteiger partial charge in [-0.3, -0.25) is 0 Å². The Bertz CT molecular complexity index is 289. The molecular weight excluding hydrogens is 222 g/mol. The molecule has 0 aliphatic carbocycles. The van der Waals surface area contributed by atoms with E-state index in [4.69, 9.17) is 4.74 Å². The van der Waals surface area contributed by atoms with Crippen LogP contribution in [0.4, 0.5) is 5.13 Å². The highest BCUT2D eigenvalue weighted by Gasteiger charge is 2.01. The zero-order valence-corrected chi connectivity index (χ0v) is 11.1. The molecule has 0 fully saturated rings. The van der Waals surface area contributed by atoms with Gasteiger partial charge >= 0.3 is 0 Å². The van der Waals surface area contributed by atoms with Crippen molar-refractivity contribution in [3.8, 4) is 0 Å². The number of aromatic nitrogens is 2. The summed E-state index contributed by atoms with van der Waals surface area (Å²) in [4.78, 5) is 4.37. The molecule has 0 spiro atoms. The van der Waals surface area contributed by atoms with Crippen molar-refractivity contribution < 1.29 is 4.74 Å². The van der Waals surface area contributed by atoms with Gasteiger partial charge in [-0.25, -0.2) is 4.98 Å². The monoisotopic (exact) mass is 243 g/mol. The molecule has 0 aliphatic rings. The number of hydrogen-bond acceptors (Lipinski definition) is 5. The first-order valence-electron chi connectivity index (χ1n) is 5.86. The summed E-state index contributed by atoms with van der Waals surface area (Å²) in [7, 11) is 0. The van der Waals surface area contributed by atoms with Crippen LogP contribution in [0, 0.1) is 5.92 Å². The highest BCUT2D eigenvalue weighted by Crippen LogP contribution is 2.11. The lowest BCUT2D eigenvalue weighted by atomic mass is 10.2. The molecule has 0 radical (unpaired) electrons. The number of nitrogens with one attached hydrogen (secondary N) is 1. The molecule has 1 aromatic heterocycles. The van der Waals surface area contributed by atoms with Gasteiger partial charge in [0.05, 0.1) is 6.61 Å². The van der Waals surface area contributed by atoms with Crippen molar-refractivity contribution in [1.29, 1.82) is 0 Å². The zero-order chi connectivity index (χ0) is 11.8. The Morgan fingerprint density at radius 1 is 1.44 bits per heavy atom. The summed E-state index contributed by atoms with van der Waals surface area (Å²) in [5.41, 5.74) is 0. The summed E-state index contributed by atoms with van der Waals surface area (Å²) in [6, 6.07) is 0. The molecule has 0 saturated carbocycles.